The first kappa shape index (κ1) is 25.9. The van der Waals surface area contributed by atoms with Crippen molar-refractivity contribution in [2.45, 2.75) is 19.3 Å². The standard InChI is InChI=1S/C43H30N2/c1-26-9-3-4-10-28(26)18-17-27(2)34-23-24-35(33-22-19-29-11-5-6-12-32(29)25-33)41-40(34)44-42-36-15-7-13-30-20-21-31-14-8-16-37(43(42)45-41)39(31)38(30)36/h3-16,18-25,27H,1,17H2,2H3/b28-18-/t27-/m0/s1. The average Bonchev–Trinajstić information content (AvgIpc) is 3.09. The van der Waals surface area contributed by atoms with Gasteiger partial charge in [-0.1, -0.05) is 141 Å². The quantitative estimate of drug-likeness (QED) is 0.154. The Labute approximate surface area is 260 Å². The van der Waals surface area contributed by atoms with Crippen LogP contribution in [-0.4, -0.2) is 9.97 Å². The smallest absolute Gasteiger partial charge is 0.0980 e. The molecule has 0 bridgehead atoms. The van der Waals surface area contributed by atoms with Gasteiger partial charge in [-0.2, -0.15) is 0 Å². The van der Waals surface area contributed by atoms with Crippen LogP contribution in [0, 0.1) is 0 Å². The van der Waals surface area contributed by atoms with Crippen LogP contribution in [0.25, 0.3) is 88.9 Å². The normalized spacial score (nSPS) is 13.2. The van der Waals surface area contributed by atoms with E-state index in [1.807, 2.05) is 6.07 Å². The Morgan fingerprint density at radius 1 is 0.578 bits per heavy atom. The third kappa shape index (κ3) is 4.03. The van der Waals surface area contributed by atoms with Crippen molar-refractivity contribution in [1.29, 1.82) is 0 Å². The van der Waals surface area contributed by atoms with Crippen LogP contribution in [0.5, 0.6) is 0 Å². The molecule has 0 aliphatic heterocycles. The lowest BCUT2D eigenvalue weighted by Crippen LogP contribution is -2.21. The maximum absolute atomic E-state index is 5.58. The van der Waals surface area contributed by atoms with Crippen molar-refractivity contribution in [2.24, 2.45) is 0 Å². The van der Waals surface area contributed by atoms with E-state index >= 15 is 0 Å². The van der Waals surface area contributed by atoms with Crippen molar-refractivity contribution in [2.75, 3.05) is 0 Å². The van der Waals surface area contributed by atoms with Crippen LogP contribution < -0.4 is 10.4 Å². The largest absolute Gasteiger partial charge is 0.243 e. The third-order valence-corrected chi connectivity index (χ3v) is 9.59. The summed E-state index contributed by atoms with van der Waals surface area (Å²) in [4.78, 5) is 11.2. The summed E-state index contributed by atoms with van der Waals surface area (Å²) in [5, 5.41) is 12.0. The summed E-state index contributed by atoms with van der Waals surface area (Å²) in [6.45, 7) is 6.53. The van der Waals surface area contributed by atoms with Gasteiger partial charge in [0.1, 0.15) is 0 Å². The van der Waals surface area contributed by atoms with Crippen LogP contribution in [0.3, 0.4) is 0 Å². The molecule has 1 atom stereocenters. The average molecular weight is 575 g/mol. The van der Waals surface area contributed by atoms with E-state index in [4.69, 9.17) is 9.97 Å². The summed E-state index contributed by atoms with van der Waals surface area (Å²) in [5.41, 5.74) is 7.34. The number of fused-ring (bicyclic) bond motifs is 5. The summed E-state index contributed by atoms with van der Waals surface area (Å²) in [7, 11) is 0. The van der Waals surface area contributed by atoms with Gasteiger partial charge in [-0.15, -0.1) is 0 Å². The number of benzene rings is 8. The highest BCUT2D eigenvalue weighted by molar-refractivity contribution is 6.32. The minimum Gasteiger partial charge on any atom is -0.243 e. The molecule has 8 aromatic carbocycles. The van der Waals surface area contributed by atoms with E-state index in [2.05, 4.69) is 141 Å². The molecule has 1 aromatic heterocycles. The molecule has 0 amide bonds. The zero-order chi connectivity index (χ0) is 30.1. The van der Waals surface area contributed by atoms with Gasteiger partial charge in [0.15, 0.2) is 0 Å². The third-order valence-electron chi connectivity index (χ3n) is 9.59. The fourth-order valence-electron chi connectivity index (χ4n) is 7.23. The molecule has 212 valence electrons. The van der Waals surface area contributed by atoms with E-state index in [-0.39, 0.29) is 5.92 Å². The molecule has 0 radical (unpaired) electrons. The first-order chi connectivity index (χ1) is 22.1. The van der Waals surface area contributed by atoms with Crippen LogP contribution >= 0.6 is 0 Å². The molecule has 0 aliphatic rings. The first-order valence-corrected chi connectivity index (χ1v) is 15.7. The van der Waals surface area contributed by atoms with Crippen molar-refractivity contribution < 1.29 is 0 Å². The second-order valence-electron chi connectivity index (χ2n) is 12.3. The fourth-order valence-corrected chi connectivity index (χ4v) is 7.23. The number of rotatable bonds is 4. The SMILES string of the molecule is C=c1cccc/c1=C/C[C@H](C)c1ccc(-c2ccc3ccccc3c2)c2nc3c4cccc5ccc6cccc(c3nc12)c6c54. The predicted octanol–water partition coefficient (Wildman–Crippen LogP) is 9.89. The van der Waals surface area contributed by atoms with Crippen molar-refractivity contribution in [3.05, 3.63) is 143 Å². The van der Waals surface area contributed by atoms with E-state index in [1.165, 1.54) is 43.1 Å². The number of nitrogens with zero attached hydrogens (tertiary/aromatic N) is 2. The Balaban J connectivity index is 1.37. The summed E-state index contributed by atoms with van der Waals surface area (Å²) in [6.07, 6.45) is 3.19. The van der Waals surface area contributed by atoms with E-state index in [1.54, 1.807) is 0 Å². The highest BCUT2D eigenvalue weighted by Gasteiger charge is 2.20. The summed E-state index contributed by atoms with van der Waals surface area (Å²) in [6, 6.07) is 45.7. The lowest BCUT2D eigenvalue weighted by molar-refractivity contribution is 0.807. The molecule has 45 heavy (non-hydrogen) atoms. The summed E-state index contributed by atoms with van der Waals surface area (Å²) < 4.78 is 0. The molecule has 2 heteroatoms. The highest BCUT2D eigenvalue weighted by Crippen LogP contribution is 2.42. The van der Waals surface area contributed by atoms with E-state index < -0.39 is 0 Å². The molecule has 2 nitrogen and oxygen atoms in total. The minimum absolute atomic E-state index is 0.236. The number of hydrogen-bond donors (Lipinski definition) is 0. The van der Waals surface area contributed by atoms with Gasteiger partial charge in [0.2, 0.25) is 0 Å². The van der Waals surface area contributed by atoms with Gasteiger partial charge < -0.3 is 0 Å². The molecule has 0 unspecified atom stereocenters. The van der Waals surface area contributed by atoms with Gasteiger partial charge in [0, 0.05) is 16.3 Å². The van der Waals surface area contributed by atoms with Crippen LogP contribution in [-0.2, 0) is 0 Å². The number of aromatic nitrogens is 2. The molecular formula is C43H30N2. The highest BCUT2D eigenvalue weighted by atomic mass is 14.8. The molecular weight excluding hydrogens is 544 g/mol. The predicted molar refractivity (Wildman–Crippen MR) is 192 cm³/mol. The molecule has 9 rings (SSSR count). The molecule has 0 fully saturated rings. The fraction of sp³-hybridized carbons (Fsp3) is 0.0698. The van der Waals surface area contributed by atoms with E-state index in [0.717, 1.165) is 55.6 Å². The molecule has 0 saturated heterocycles. The molecule has 1 heterocycles. The zero-order valence-electron chi connectivity index (χ0n) is 25.1. The Bertz CT molecular complexity index is 2720. The van der Waals surface area contributed by atoms with Gasteiger partial charge in [-0.25, -0.2) is 9.97 Å². The maximum atomic E-state index is 5.58. The van der Waals surface area contributed by atoms with Crippen LogP contribution in [0.1, 0.15) is 24.8 Å². The van der Waals surface area contributed by atoms with E-state index in [0.29, 0.717) is 0 Å². The summed E-state index contributed by atoms with van der Waals surface area (Å²) >= 11 is 0. The van der Waals surface area contributed by atoms with Gasteiger partial charge in [0.05, 0.1) is 22.1 Å². The topological polar surface area (TPSA) is 25.8 Å². The minimum atomic E-state index is 0.236. The Kier molecular flexibility index (Phi) is 5.73. The van der Waals surface area contributed by atoms with E-state index in [9.17, 15) is 0 Å². The maximum Gasteiger partial charge on any atom is 0.0980 e. The Morgan fingerprint density at radius 3 is 1.93 bits per heavy atom. The second kappa shape index (κ2) is 9.97. The zero-order valence-corrected chi connectivity index (χ0v) is 25.1. The molecule has 9 aromatic rings. The van der Waals surface area contributed by atoms with Gasteiger partial charge in [-0.3, -0.25) is 0 Å². The first-order valence-electron chi connectivity index (χ1n) is 15.7. The lowest BCUT2D eigenvalue weighted by Gasteiger charge is -2.18. The van der Waals surface area contributed by atoms with Crippen molar-refractivity contribution >= 4 is 77.8 Å². The van der Waals surface area contributed by atoms with Crippen molar-refractivity contribution in [3.63, 3.8) is 0 Å². The molecule has 0 aliphatic carbocycles. The molecule has 0 N–H and O–H groups in total. The monoisotopic (exact) mass is 574 g/mol. The Hall–Kier alpha value is -5.60. The Morgan fingerprint density at radius 2 is 1.20 bits per heavy atom. The summed E-state index contributed by atoms with van der Waals surface area (Å²) in [5.74, 6) is 0.236. The lowest BCUT2D eigenvalue weighted by atomic mass is 9.90. The van der Waals surface area contributed by atoms with Gasteiger partial charge in [-0.05, 0) is 72.3 Å². The second-order valence-corrected chi connectivity index (χ2v) is 12.3. The van der Waals surface area contributed by atoms with Gasteiger partial charge in [0.25, 0.3) is 0 Å². The van der Waals surface area contributed by atoms with Crippen LogP contribution in [0.15, 0.2) is 127 Å². The molecule has 0 spiro atoms. The van der Waals surface area contributed by atoms with Crippen LogP contribution in [0.2, 0.25) is 0 Å². The van der Waals surface area contributed by atoms with Gasteiger partial charge >= 0.3 is 0 Å². The molecule has 0 saturated carbocycles. The number of hydrogen-bond acceptors (Lipinski definition) is 2. The van der Waals surface area contributed by atoms with Crippen molar-refractivity contribution in [1.82, 2.24) is 9.97 Å². The van der Waals surface area contributed by atoms with Crippen molar-refractivity contribution in [3.8, 4) is 11.1 Å². The van der Waals surface area contributed by atoms with Crippen LogP contribution in [0.4, 0.5) is 0 Å².